The van der Waals surface area contributed by atoms with Gasteiger partial charge in [-0.25, -0.2) is 0 Å². The fourth-order valence-electron chi connectivity index (χ4n) is 12.4. The molecular weight excluding hydrogens is 845 g/mol. The molecule has 3 saturated carbocycles. The van der Waals surface area contributed by atoms with Crippen LogP contribution in [0.15, 0.2) is 152 Å². The van der Waals surface area contributed by atoms with Gasteiger partial charge in [0.1, 0.15) is 11.9 Å². The van der Waals surface area contributed by atoms with Crippen molar-refractivity contribution in [1.82, 2.24) is 0 Å². The summed E-state index contributed by atoms with van der Waals surface area (Å²) in [6.07, 6.45) is 3.33. The van der Waals surface area contributed by atoms with Gasteiger partial charge in [0.25, 0.3) is 16.6 Å². The van der Waals surface area contributed by atoms with Gasteiger partial charge in [-0.1, -0.05) is 181 Å². The van der Waals surface area contributed by atoms with Crippen LogP contribution in [0.25, 0.3) is 0 Å². The SMILES string of the molecule is CC(C)(C)[Si](OC[C@@H]1C[C@H]2C[C@@H]3C[C@@H]4O[C@@H]4C[C@@H]3[C@@H](OC(=S)Oc3ccccc3)[C@H]2[C@@H](O)[C@H]1CO[Si](c1ccccc1)(c1ccccc1)C(C)(C)C)(c1ccccc1)c1ccccc1. The molecule has 0 aromatic heterocycles. The van der Waals surface area contributed by atoms with Crippen molar-refractivity contribution in [3.05, 3.63) is 152 Å². The number of benzene rings is 5. The minimum Gasteiger partial charge on any atom is -0.453 e. The largest absolute Gasteiger partial charge is 0.453 e. The van der Waals surface area contributed by atoms with Gasteiger partial charge in [0, 0.05) is 43.2 Å². The third-order valence-corrected chi connectivity index (χ3v) is 25.5. The zero-order valence-corrected chi connectivity index (χ0v) is 41.2. The number of para-hydroxylation sites is 1. The second kappa shape index (κ2) is 18.4. The van der Waals surface area contributed by atoms with E-state index in [9.17, 15) is 5.11 Å². The van der Waals surface area contributed by atoms with Crippen LogP contribution in [0.2, 0.25) is 10.1 Å². The van der Waals surface area contributed by atoms with Crippen LogP contribution in [0.4, 0.5) is 0 Å². The fraction of sp³-hybridized carbons (Fsp3) is 0.436. The van der Waals surface area contributed by atoms with E-state index in [1.165, 1.54) is 20.7 Å². The van der Waals surface area contributed by atoms with E-state index in [-0.39, 0.29) is 57.1 Å². The van der Waals surface area contributed by atoms with Gasteiger partial charge in [-0.05, 0) is 86.4 Å². The monoisotopic (exact) mass is 910 g/mol. The van der Waals surface area contributed by atoms with E-state index >= 15 is 0 Å². The molecule has 1 aliphatic heterocycles. The summed E-state index contributed by atoms with van der Waals surface area (Å²) < 4.78 is 34.9. The number of rotatable bonds is 12. The number of aliphatic hydroxyl groups excluding tert-OH is 1. The third-order valence-electron chi connectivity index (χ3n) is 15.3. The minimum atomic E-state index is -2.98. The summed E-state index contributed by atoms with van der Waals surface area (Å²) in [5.74, 6) is 1.02. The van der Waals surface area contributed by atoms with E-state index in [0.717, 1.165) is 25.7 Å². The first-order valence-corrected chi connectivity index (χ1v) is 27.8. The molecule has 64 heavy (non-hydrogen) atoms. The summed E-state index contributed by atoms with van der Waals surface area (Å²) in [6, 6.07) is 53.2. The number of hydrogen-bond donors (Lipinski definition) is 1. The maximum absolute atomic E-state index is 13.4. The molecule has 1 heterocycles. The van der Waals surface area contributed by atoms with Crippen molar-refractivity contribution in [1.29, 1.82) is 0 Å². The summed E-state index contributed by atoms with van der Waals surface area (Å²) in [7, 11) is -5.90. The Hall–Kier alpha value is -3.94. The summed E-state index contributed by atoms with van der Waals surface area (Å²) in [6.45, 7) is 14.9. The highest BCUT2D eigenvalue weighted by molar-refractivity contribution is 7.79. The quantitative estimate of drug-likeness (QED) is 0.0761. The van der Waals surface area contributed by atoms with Crippen molar-refractivity contribution in [3.63, 3.8) is 0 Å². The number of ether oxygens (including phenoxy) is 3. The number of hydrogen-bond acceptors (Lipinski definition) is 7. The summed E-state index contributed by atoms with van der Waals surface area (Å²) in [5, 5.41) is 18.1. The Morgan fingerprint density at radius 2 is 1.02 bits per heavy atom. The van der Waals surface area contributed by atoms with Gasteiger partial charge < -0.3 is 28.2 Å². The molecule has 336 valence electrons. The van der Waals surface area contributed by atoms with Gasteiger partial charge >= 0.3 is 5.24 Å². The van der Waals surface area contributed by atoms with Gasteiger partial charge in [-0.3, -0.25) is 0 Å². The molecule has 0 radical (unpaired) electrons. The molecule has 0 bridgehead atoms. The number of fused-ring (bicyclic) bond motifs is 3. The first-order chi connectivity index (χ1) is 30.8. The molecule has 0 unspecified atom stereocenters. The summed E-state index contributed by atoms with van der Waals surface area (Å²) in [4.78, 5) is 0. The van der Waals surface area contributed by atoms with Gasteiger partial charge in [0.2, 0.25) is 0 Å². The lowest BCUT2D eigenvalue weighted by atomic mass is 9.54. The summed E-state index contributed by atoms with van der Waals surface area (Å²) in [5.41, 5.74) is 0. The Morgan fingerprint density at radius 1 is 0.578 bits per heavy atom. The first kappa shape index (κ1) is 45.2. The van der Waals surface area contributed by atoms with Gasteiger partial charge in [0.15, 0.2) is 0 Å². The minimum absolute atomic E-state index is 0.00866. The molecule has 5 aromatic rings. The van der Waals surface area contributed by atoms with E-state index in [0.29, 0.717) is 31.0 Å². The maximum atomic E-state index is 13.4. The highest BCUT2D eigenvalue weighted by atomic mass is 32.1. The highest BCUT2D eigenvalue weighted by Gasteiger charge is 2.61. The molecule has 0 amide bonds. The molecule has 3 aliphatic carbocycles. The fourth-order valence-corrected chi connectivity index (χ4v) is 21.9. The molecule has 6 nitrogen and oxygen atoms in total. The van der Waals surface area contributed by atoms with Crippen molar-refractivity contribution in [2.45, 2.75) is 102 Å². The van der Waals surface area contributed by atoms with Crippen molar-refractivity contribution in [3.8, 4) is 5.75 Å². The van der Waals surface area contributed by atoms with Gasteiger partial charge in [-0.15, -0.1) is 0 Å². The number of thiocarbonyl (C=S) groups is 1. The molecular formula is C55H66O6SSi2. The predicted molar refractivity (Wildman–Crippen MR) is 266 cm³/mol. The molecule has 9 rings (SSSR count). The van der Waals surface area contributed by atoms with Crippen LogP contribution in [-0.4, -0.2) is 64.6 Å². The highest BCUT2D eigenvalue weighted by Crippen LogP contribution is 2.57. The van der Waals surface area contributed by atoms with Crippen LogP contribution >= 0.6 is 12.2 Å². The topological polar surface area (TPSA) is 69.7 Å². The summed E-state index contributed by atoms with van der Waals surface area (Å²) >= 11 is 5.90. The van der Waals surface area contributed by atoms with E-state index in [2.05, 4.69) is 163 Å². The van der Waals surface area contributed by atoms with Crippen LogP contribution in [0.1, 0.15) is 67.2 Å². The number of aliphatic hydroxyl groups is 1. The molecule has 0 spiro atoms. The Bertz CT molecular complexity index is 2230. The molecule has 4 aliphatic rings. The van der Waals surface area contributed by atoms with Crippen molar-refractivity contribution in [2.75, 3.05) is 13.2 Å². The van der Waals surface area contributed by atoms with Crippen molar-refractivity contribution >= 4 is 54.8 Å². The van der Waals surface area contributed by atoms with Crippen molar-refractivity contribution in [2.24, 2.45) is 35.5 Å². The zero-order valence-electron chi connectivity index (χ0n) is 38.3. The zero-order chi connectivity index (χ0) is 44.7. The van der Waals surface area contributed by atoms with E-state index < -0.39 is 22.7 Å². The van der Waals surface area contributed by atoms with Crippen LogP contribution in [0.3, 0.4) is 0 Å². The Labute approximate surface area is 388 Å². The van der Waals surface area contributed by atoms with Gasteiger partial charge in [0.05, 0.1) is 18.3 Å². The molecule has 10 atom stereocenters. The second-order valence-corrected chi connectivity index (χ2v) is 30.0. The van der Waals surface area contributed by atoms with Crippen molar-refractivity contribution < 1.29 is 28.2 Å². The van der Waals surface area contributed by atoms with Crippen LogP contribution in [0.5, 0.6) is 5.75 Å². The molecule has 9 heteroatoms. The predicted octanol–water partition coefficient (Wildman–Crippen LogP) is 9.32. The van der Waals surface area contributed by atoms with E-state index in [1.807, 2.05) is 30.3 Å². The Kier molecular flexibility index (Phi) is 13.0. The van der Waals surface area contributed by atoms with Crippen LogP contribution < -0.4 is 25.5 Å². The molecule has 1 N–H and O–H groups in total. The molecule has 1 saturated heterocycles. The lowest BCUT2D eigenvalue weighted by Gasteiger charge is -2.56. The van der Waals surface area contributed by atoms with Crippen LogP contribution in [0, 0.1) is 35.5 Å². The standard InChI is InChI=1S/C55H66O6SSi2/c1-54(2,3)63(42-24-14-8-15-25-42,43-26-16-9-17-27-43)57-36-40-33-39-32-38-34-48-49(60-48)35-46(38)52(61-53(62)59-41-22-12-7-13-23-41)50(39)51(56)47(40)37-58-64(55(4,5)6,44-28-18-10-19-29-44)45-30-20-11-21-31-45/h7-31,38-40,46-52,56H,32-37H2,1-6H3/t38-,39-,40+,46+,47+,48+,49-,50-,51+,52-/m1/s1. The van der Waals surface area contributed by atoms with E-state index in [1.54, 1.807) is 0 Å². The number of epoxide rings is 1. The normalized spacial score (nSPS) is 27.9. The third kappa shape index (κ3) is 8.62. The maximum Gasteiger partial charge on any atom is 0.358 e. The van der Waals surface area contributed by atoms with E-state index in [4.69, 9.17) is 35.3 Å². The second-order valence-electron chi connectivity index (χ2n) is 21.0. The van der Waals surface area contributed by atoms with Gasteiger partial charge in [-0.2, -0.15) is 0 Å². The average Bonchev–Trinajstić information content (AvgIpc) is 4.06. The lowest BCUT2D eigenvalue weighted by molar-refractivity contribution is -0.158. The Balaban J connectivity index is 1.12. The van der Waals surface area contributed by atoms with Crippen LogP contribution in [-0.2, 0) is 18.3 Å². The first-order valence-electron chi connectivity index (χ1n) is 23.6. The lowest BCUT2D eigenvalue weighted by Crippen LogP contribution is -2.68. The molecule has 5 aromatic carbocycles. The Morgan fingerprint density at radius 3 is 1.48 bits per heavy atom. The average molecular weight is 911 g/mol. The smallest absolute Gasteiger partial charge is 0.358 e. The molecule has 4 fully saturated rings.